The summed E-state index contributed by atoms with van der Waals surface area (Å²) in [7, 11) is 0. The molecule has 0 bridgehead atoms. The molecule has 2 saturated heterocycles. The number of urea groups is 1. The Bertz CT molecular complexity index is 967. The third kappa shape index (κ3) is 6.28. The first-order valence-corrected chi connectivity index (χ1v) is 12.4. The van der Waals surface area contributed by atoms with E-state index in [1.807, 2.05) is 42.1 Å². The average Bonchev–Trinajstić information content (AvgIpc) is 3.54. The molecule has 9 nitrogen and oxygen atoms in total. The number of unbranched alkanes of at least 4 members (excludes halogenated alkanes) is 1. The molecule has 10 heteroatoms. The molecule has 2 aliphatic heterocycles. The summed E-state index contributed by atoms with van der Waals surface area (Å²) >= 11 is 1.89. The van der Waals surface area contributed by atoms with Crippen LogP contribution in [0.25, 0.3) is 11.3 Å². The van der Waals surface area contributed by atoms with Gasteiger partial charge in [-0.25, -0.2) is 4.79 Å². The van der Waals surface area contributed by atoms with E-state index in [9.17, 15) is 14.4 Å². The van der Waals surface area contributed by atoms with E-state index in [-0.39, 0.29) is 35.6 Å². The van der Waals surface area contributed by atoms with Crippen LogP contribution in [0.2, 0.25) is 0 Å². The van der Waals surface area contributed by atoms with E-state index in [0.29, 0.717) is 36.9 Å². The Labute approximate surface area is 196 Å². The Balaban J connectivity index is 1.04. The van der Waals surface area contributed by atoms with Crippen LogP contribution < -0.4 is 21.3 Å². The number of aromatic nitrogens is 1. The molecular weight excluding hydrogens is 442 g/mol. The van der Waals surface area contributed by atoms with Crippen molar-refractivity contribution >= 4 is 29.6 Å². The smallest absolute Gasteiger partial charge is 0.315 e. The molecule has 1 aromatic heterocycles. The minimum Gasteiger partial charge on any atom is -0.356 e. The van der Waals surface area contributed by atoms with Crippen molar-refractivity contribution in [3.63, 3.8) is 0 Å². The lowest BCUT2D eigenvalue weighted by Crippen LogP contribution is -2.36. The highest BCUT2D eigenvalue weighted by Gasteiger charge is 2.42. The van der Waals surface area contributed by atoms with Crippen LogP contribution in [0.5, 0.6) is 0 Å². The van der Waals surface area contributed by atoms with Gasteiger partial charge in [-0.1, -0.05) is 41.9 Å². The van der Waals surface area contributed by atoms with Gasteiger partial charge in [0.25, 0.3) is 5.91 Å². The first-order chi connectivity index (χ1) is 16.1. The number of thioether (sulfide) groups is 1. The summed E-state index contributed by atoms with van der Waals surface area (Å²) in [4.78, 5) is 35.7. The Kier molecular flexibility index (Phi) is 7.87. The summed E-state index contributed by atoms with van der Waals surface area (Å²) in [5.74, 6) is 1.23. The van der Waals surface area contributed by atoms with E-state index in [1.54, 1.807) is 6.07 Å². The number of fused-ring (bicyclic) bond motifs is 1. The number of rotatable bonds is 11. The van der Waals surface area contributed by atoms with Gasteiger partial charge >= 0.3 is 6.03 Å². The van der Waals surface area contributed by atoms with Crippen LogP contribution in [-0.2, 0) is 4.79 Å². The largest absolute Gasteiger partial charge is 0.356 e. The summed E-state index contributed by atoms with van der Waals surface area (Å²) < 4.78 is 5.24. The van der Waals surface area contributed by atoms with Gasteiger partial charge in [-0.15, -0.1) is 0 Å². The van der Waals surface area contributed by atoms with E-state index in [1.165, 1.54) is 0 Å². The SMILES string of the molecule is O=C(CCCC[C@@H]1SC[C@@H]2NC(=O)N[C@@H]21)NCCCNC(=O)c1cc(-c2ccccc2)on1. The molecule has 0 spiro atoms. The first kappa shape index (κ1) is 23.2. The summed E-state index contributed by atoms with van der Waals surface area (Å²) in [6.45, 7) is 0.945. The average molecular weight is 472 g/mol. The van der Waals surface area contributed by atoms with Crippen molar-refractivity contribution in [2.24, 2.45) is 0 Å². The molecule has 4 amide bonds. The Morgan fingerprint density at radius 1 is 1.09 bits per heavy atom. The maximum atomic E-state index is 12.2. The Morgan fingerprint density at radius 3 is 2.76 bits per heavy atom. The number of carbonyl (C=O) groups is 3. The maximum Gasteiger partial charge on any atom is 0.315 e. The number of hydrogen-bond donors (Lipinski definition) is 4. The van der Waals surface area contributed by atoms with Gasteiger partial charge in [0.1, 0.15) is 0 Å². The second-order valence-electron chi connectivity index (χ2n) is 8.27. The van der Waals surface area contributed by atoms with E-state index < -0.39 is 0 Å². The summed E-state index contributed by atoms with van der Waals surface area (Å²) in [6.07, 6.45) is 3.91. The lowest BCUT2D eigenvalue weighted by molar-refractivity contribution is -0.121. The summed E-state index contributed by atoms with van der Waals surface area (Å²) in [6, 6.07) is 11.5. The highest BCUT2D eigenvalue weighted by atomic mass is 32.2. The fourth-order valence-electron chi connectivity index (χ4n) is 4.09. The van der Waals surface area contributed by atoms with Crippen molar-refractivity contribution in [1.82, 2.24) is 26.4 Å². The van der Waals surface area contributed by atoms with Crippen LogP contribution in [0.3, 0.4) is 0 Å². The van der Waals surface area contributed by atoms with Crippen molar-refractivity contribution in [3.05, 3.63) is 42.1 Å². The molecule has 0 unspecified atom stereocenters. The molecule has 2 aliphatic rings. The number of carbonyl (C=O) groups excluding carboxylic acids is 3. The second kappa shape index (κ2) is 11.2. The van der Waals surface area contributed by atoms with Crippen LogP contribution in [0.4, 0.5) is 4.79 Å². The highest BCUT2D eigenvalue weighted by molar-refractivity contribution is 8.00. The molecule has 4 N–H and O–H groups in total. The third-order valence-electron chi connectivity index (χ3n) is 5.84. The molecule has 0 aliphatic carbocycles. The normalized spacial score (nSPS) is 21.2. The molecule has 176 valence electrons. The molecule has 2 aromatic rings. The predicted octanol–water partition coefficient (Wildman–Crippen LogP) is 2.30. The van der Waals surface area contributed by atoms with Gasteiger partial charge in [-0.2, -0.15) is 11.8 Å². The number of hydrogen-bond acceptors (Lipinski definition) is 6. The lowest BCUT2D eigenvalue weighted by atomic mass is 10.0. The maximum absolute atomic E-state index is 12.2. The van der Waals surface area contributed by atoms with Gasteiger partial charge in [0.2, 0.25) is 5.91 Å². The summed E-state index contributed by atoms with van der Waals surface area (Å²) in [5.41, 5.74) is 1.10. The predicted molar refractivity (Wildman–Crippen MR) is 126 cm³/mol. The van der Waals surface area contributed by atoms with Gasteiger partial charge in [0.15, 0.2) is 11.5 Å². The van der Waals surface area contributed by atoms with Crippen molar-refractivity contribution in [3.8, 4) is 11.3 Å². The zero-order valence-corrected chi connectivity index (χ0v) is 19.2. The van der Waals surface area contributed by atoms with Crippen molar-refractivity contribution in [2.75, 3.05) is 18.8 Å². The van der Waals surface area contributed by atoms with Crippen LogP contribution in [0.15, 0.2) is 40.9 Å². The van der Waals surface area contributed by atoms with Crippen molar-refractivity contribution in [1.29, 1.82) is 0 Å². The number of amides is 4. The molecule has 1 aromatic carbocycles. The molecule has 33 heavy (non-hydrogen) atoms. The van der Waals surface area contributed by atoms with Crippen LogP contribution >= 0.6 is 11.8 Å². The second-order valence-corrected chi connectivity index (χ2v) is 9.54. The van der Waals surface area contributed by atoms with E-state index in [0.717, 1.165) is 30.6 Å². The van der Waals surface area contributed by atoms with Gasteiger partial charge in [-0.05, 0) is 19.3 Å². The van der Waals surface area contributed by atoms with E-state index >= 15 is 0 Å². The molecular formula is C23H29N5O4S. The number of benzene rings is 1. The standard InChI is InChI=1S/C23H29N5O4S/c29-20(10-5-4-9-19-21-17(14-33-19)26-23(31)27-21)24-11-6-12-25-22(30)16-13-18(32-28-16)15-7-2-1-3-8-15/h1-3,7-8,13,17,19,21H,4-6,9-12,14H2,(H,24,29)(H,25,30)(H2,26,27,31)/t17-,19-,21-/m0/s1. The fraction of sp³-hybridized carbons (Fsp3) is 0.478. The lowest BCUT2D eigenvalue weighted by Gasteiger charge is -2.16. The van der Waals surface area contributed by atoms with Gasteiger partial charge < -0.3 is 25.8 Å². The molecule has 3 heterocycles. The first-order valence-electron chi connectivity index (χ1n) is 11.4. The molecule has 2 fully saturated rings. The monoisotopic (exact) mass is 471 g/mol. The zero-order valence-electron chi connectivity index (χ0n) is 18.3. The fourth-order valence-corrected chi connectivity index (χ4v) is 5.64. The quantitative estimate of drug-likeness (QED) is 0.294. The Morgan fingerprint density at radius 2 is 1.91 bits per heavy atom. The topological polar surface area (TPSA) is 125 Å². The number of nitrogens with one attached hydrogen (secondary N) is 4. The highest BCUT2D eigenvalue weighted by Crippen LogP contribution is 2.33. The molecule has 0 radical (unpaired) electrons. The van der Waals surface area contributed by atoms with E-state index in [2.05, 4.69) is 26.4 Å². The van der Waals surface area contributed by atoms with Crippen LogP contribution in [-0.4, -0.2) is 59.2 Å². The molecule has 4 rings (SSSR count). The minimum absolute atomic E-state index is 0.0260. The third-order valence-corrected chi connectivity index (χ3v) is 7.35. The molecule has 3 atom stereocenters. The Hall–Kier alpha value is -3.01. The summed E-state index contributed by atoms with van der Waals surface area (Å²) in [5, 5.41) is 15.9. The van der Waals surface area contributed by atoms with Gasteiger partial charge in [0, 0.05) is 42.1 Å². The minimum atomic E-state index is -0.298. The van der Waals surface area contributed by atoms with Crippen LogP contribution in [0.1, 0.15) is 42.6 Å². The number of nitrogens with zero attached hydrogens (tertiary/aromatic N) is 1. The van der Waals surface area contributed by atoms with Crippen molar-refractivity contribution in [2.45, 2.75) is 49.4 Å². The van der Waals surface area contributed by atoms with Gasteiger partial charge in [-0.3, -0.25) is 9.59 Å². The molecule has 0 saturated carbocycles. The van der Waals surface area contributed by atoms with Gasteiger partial charge in [0.05, 0.1) is 12.1 Å². The van der Waals surface area contributed by atoms with Crippen molar-refractivity contribution < 1.29 is 18.9 Å². The van der Waals surface area contributed by atoms with Crippen LogP contribution in [0, 0.1) is 0 Å². The van der Waals surface area contributed by atoms with E-state index in [4.69, 9.17) is 4.52 Å². The zero-order chi connectivity index (χ0) is 23.0.